The molecule has 10 heteroatoms. The van der Waals surface area contributed by atoms with Gasteiger partial charge in [0.25, 0.3) is 5.85 Å². The number of halogens is 1. The molecule has 2 heterocycles. The van der Waals surface area contributed by atoms with Gasteiger partial charge in [0.2, 0.25) is 5.91 Å². The fourth-order valence-electron chi connectivity index (χ4n) is 2.55. The predicted molar refractivity (Wildman–Crippen MR) is 84.3 cm³/mol. The van der Waals surface area contributed by atoms with E-state index in [1.807, 2.05) is 6.92 Å². The fraction of sp³-hybridized carbons (Fsp3) is 0.667. The number of carbonyl (C=O) groups excluding carboxylic acids is 1. The summed E-state index contributed by atoms with van der Waals surface area (Å²) in [6.07, 6.45) is -1.31. The molecule has 0 unspecified atom stereocenters. The molecular weight excluding hydrogens is 337 g/mol. The maximum Gasteiger partial charge on any atom is 0.351 e. The van der Waals surface area contributed by atoms with Crippen molar-refractivity contribution < 1.29 is 29.2 Å². The third-order valence-corrected chi connectivity index (χ3v) is 3.95. The summed E-state index contributed by atoms with van der Waals surface area (Å²) in [5.41, 5.74) is -0.988. The summed E-state index contributed by atoms with van der Waals surface area (Å²) < 4.78 is 19.9. The summed E-state index contributed by atoms with van der Waals surface area (Å²) in [6.45, 7) is 1.27. The summed E-state index contributed by atoms with van der Waals surface area (Å²) >= 11 is 0. The van der Waals surface area contributed by atoms with Crippen LogP contribution in [0.1, 0.15) is 38.8 Å². The first kappa shape index (κ1) is 19.4. The highest BCUT2D eigenvalue weighted by Crippen LogP contribution is 2.38. The number of carbonyl (C=O) groups is 1. The van der Waals surface area contributed by atoms with E-state index in [0.29, 0.717) is 17.4 Å². The number of nitrogens with zero attached hydrogens (tertiary/aromatic N) is 2. The van der Waals surface area contributed by atoms with Crippen LogP contribution in [0.5, 0.6) is 0 Å². The molecule has 1 aliphatic heterocycles. The molecule has 0 radical (unpaired) electrons. The van der Waals surface area contributed by atoms with Gasteiger partial charge in [-0.2, -0.15) is 4.98 Å². The van der Waals surface area contributed by atoms with Crippen LogP contribution in [0.15, 0.2) is 17.1 Å². The van der Waals surface area contributed by atoms with E-state index in [9.17, 15) is 24.2 Å². The van der Waals surface area contributed by atoms with Crippen LogP contribution < -0.4 is 11.0 Å². The molecule has 0 spiro atoms. The average molecular weight is 359 g/mol. The van der Waals surface area contributed by atoms with E-state index >= 15 is 0 Å². The summed E-state index contributed by atoms with van der Waals surface area (Å²) in [4.78, 5) is 27.4. The second-order valence-electron chi connectivity index (χ2n) is 5.89. The monoisotopic (exact) mass is 359 g/mol. The maximum absolute atomic E-state index is 14.3. The van der Waals surface area contributed by atoms with Crippen molar-refractivity contribution in [1.29, 1.82) is 0 Å². The lowest BCUT2D eigenvalue weighted by atomic mass is 10.1. The average Bonchev–Trinajstić information content (AvgIpc) is 2.78. The molecule has 1 amide bonds. The van der Waals surface area contributed by atoms with Gasteiger partial charge in [0.1, 0.15) is 18.0 Å². The third-order valence-electron chi connectivity index (χ3n) is 3.95. The van der Waals surface area contributed by atoms with Crippen LogP contribution in [0, 0.1) is 0 Å². The van der Waals surface area contributed by atoms with Gasteiger partial charge in [-0.05, 0) is 12.5 Å². The lowest BCUT2D eigenvalue weighted by Crippen LogP contribution is -2.45. The Bertz CT molecular complexity index is 665. The normalized spacial score (nSPS) is 28.9. The summed E-state index contributed by atoms with van der Waals surface area (Å²) in [5, 5.41) is 30.8. The van der Waals surface area contributed by atoms with Crippen molar-refractivity contribution in [2.75, 3.05) is 11.9 Å². The van der Waals surface area contributed by atoms with Crippen molar-refractivity contribution in [2.45, 2.75) is 56.9 Å². The Labute approximate surface area is 143 Å². The molecule has 0 aromatic carbocycles. The SMILES string of the molecule is CCCCCC(=O)Nc1ccn([C@@H]2O[C@H](CO)[C@@H](O)[C@]2(O)F)c(=O)n1. The molecule has 1 fully saturated rings. The van der Waals surface area contributed by atoms with Gasteiger partial charge in [-0.25, -0.2) is 9.18 Å². The lowest BCUT2D eigenvalue weighted by Gasteiger charge is -2.23. The molecule has 1 aromatic rings. The minimum absolute atomic E-state index is 0.0117. The fourth-order valence-corrected chi connectivity index (χ4v) is 2.55. The molecule has 9 nitrogen and oxygen atoms in total. The largest absolute Gasteiger partial charge is 0.394 e. The van der Waals surface area contributed by atoms with Gasteiger partial charge in [0.15, 0.2) is 6.23 Å². The van der Waals surface area contributed by atoms with Crippen LogP contribution in [0.3, 0.4) is 0 Å². The quantitative estimate of drug-likeness (QED) is 0.490. The van der Waals surface area contributed by atoms with E-state index < -0.39 is 36.6 Å². The second-order valence-corrected chi connectivity index (χ2v) is 5.89. The van der Waals surface area contributed by atoms with E-state index in [2.05, 4.69) is 10.3 Å². The van der Waals surface area contributed by atoms with E-state index in [0.717, 1.165) is 19.0 Å². The molecule has 1 aliphatic rings. The molecule has 0 aliphatic carbocycles. The number of hydrogen-bond acceptors (Lipinski definition) is 7. The predicted octanol–water partition coefficient (Wildman–Crippen LogP) is -0.329. The molecular formula is C15H22FN3O6. The van der Waals surface area contributed by atoms with Crippen molar-refractivity contribution in [3.8, 4) is 0 Å². The summed E-state index contributed by atoms with van der Waals surface area (Å²) in [7, 11) is 0. The Morgan fingerprint density at radius 1 is 1.52 bits per heavy atom. The van der Waals surface area contributed by atoms with Crippen LogP contribution in [-0.2, 0) is 9.53 Å². The zero-order valence-electron chi connectivity index (χ0n) is 13.8. The molecule has 25 heavy (non-hydrogen) atoms. The number of anilines is 1. The molecule has 4 atom stereocenters. The van der Waals surface area contributed by atoms with E-state index in [4.69, 9.17) is 9.84 Å². The first-order valence-corrected chi connectivity index (χ1v) is 8.06. The van der Waals surface area contributed by atoms with Crippen LogP contribution in [-0.4, -0.2) is 55.4 Å². The Hall–Kier alpha value is -1.88. The molecule has 140 valence electrons. The molecule has 0 bridgehead atoms. The number of unbranched alkanes of at least 4 members (excludes halogenated alkanes) is 2. The Morgan fingerprint density at radius 2 is 2.24 bits per heavy atom. The number of nitrogens with one attached hydrogen (secondary N) is 1. The van der Waals surface area contributed by atoms with Crippen LogP contribution >= 0.6 is 0 Å². The van der Waals surface area contributed by atoms with Gasteiger partial charge in [0.05, 0.1) is 6.61 Å². The van der Waals surface area contributed by atoms with Crippen LogP contribution in [0.4, 0.5) is 10.2 Å². The number of alkyl halides is 1. The van der Waals surface area contributed by atoms with Crippen molar-refractivity contribution in [1.82, 2.24) is 9.55 Å². The Balaban J connectivity index is 2.12. The topological polar surface area (TPSA) is 134 Å². The summed E-state index contributed by atoms with van der Waals surface area (Å²) in [5.74, 6) is -3.58. The number of aliphatic hydroxyl groups is 3. The standard InChI is InChI=1S/C15H22FN3O6/c1-2-3-4-5-11(21)17-10-6-7-19(14(23)18-10)13-15(16,24)12(22)9(8-20)25-13/h6-7,9,12-13,20,22,24H,2-5,8H2,1H3,(H,17,18,21,23)/t9-,12-,13-,15-/m1/s1. The highest BCUT2D eigenvalue weighted by atomic mass is 19.2. The second kappa shape index (κ2) is 8.00. The van der Waals surface area contributed by atoms with Crippen LogP contribution in [0.25, 0.3) is 0 Å². The van der Waals surface area contributed by atoms with E-state index in [1.54, 1.807) is 0 Å². The number of aromatic nitrogens is 2. The van der Waals surface area contributed by atoms with E-state index in [-0.39, 0.29) is 11.7 Å². The Kier molecular flexibility index (Phi) is 6.22. The van der Waals surface area contributed by atoms with Gasteiger partial charge < -0.3 is 25.4 Å². The van der Waals surface area contributed by atoms with Gasteiger partial charge in [0, 0.05) is 12.6 Å². The zero-order chi connectivity index (χ0) is 18.6. The highest BCUT2D eigenvalue weighted by Gasteiger charge is 2.57. The molecule has 4 N–H and O–H groups in total. The lowest BCUT2D eigenvalue weighted by molar-refractivity contribution is -0.197. The number of amides is 1. The van der Waals surface area contributed by atoms with Crippen LogP contribution in [0.2, 0.25) is 0 Å². The number of rotatable bonds is 7. The number of ether oxygens (including phenoxy) is 1. The molecule has 2 rings (SSSR count). The molecule has 1 aromatic heterocycles. The first-order valence-electron chi connectivity index (χ1n) is 8.06. The van der Waals surface area contributed by atoms with Gasteiger partial charge >= 0.3 is 5.69 Å². The zero-order valence-corrected chi connectivity index (χ0v) is 13.8. The maximum atomic E-state index is 14.3. The first-order chi connectivity index (χ1) is 11.8. The number of aliphatic hydroxyl groups excluding tert-OH is 2. The third kappa shape index (κ3) is 4.21. The number of hydrogen-bond donors (Lipinski definition) is 4. The Morgan fingerprint density at radius 3 is 2.80 bits per heavy atom. The van der Waals surface area contributed by atoms with Crippen molar-refractivity contribution in [3.05, 3.63) is 22.7 Å². The van der Waals surface area contributed by atoms with Gasteiger partial charge in [-0.3, -0.25) is 9.36 Å². The van der Waals surface area contributed by atoms with E-state index in [1.165, 1.54) is 6.07 Å². The summed E-state index contributed by atoms with van der Waals surface area (Å²) in [6, 6.07) is 1.25. The van der Waals surface area contributed by atoms with Crippen molar-refractivity contribution in [3.63, 3.8) is 0 Å². The van der Waals surface area contributed by atoms with Gasteiger partial charge in [-0.1, -0.05) is 19.8 Å². The smallest absolute Gasteiger partial charge is 0.351 e. The van der Waals surface area contributed by atoms with Crippen molar-refractivity contribution in [2.24, 2.45) is 0 Å². The van der Waals surface area contributed by atoms with Crippen molar-refractivity contribution >= 4 is 11.7 Å². The highest BCUT2D eigenvalue weighted by molar-refractivity contribution is 5.89. The molecule has 0 saturated carbocycles. The minimum Gasteiger partial charge on any atom is -0.394 e. The minimum atomic E-state index is -3.27. The van der Waals surface area contributed by atoms with Gasteiger partial charge in [-0.15, -0.1) is 0 Å². The molecule has 1 saturated heterocycles.